The van der Waals surface area contributed by atoms with Crippen molar-refractivity contribution in [3.8, 4) is 16.9 Å². The Bertz CT molecular complexity index is 585. The average molecular weight is 256 g/mol. The summed E-state index contributed by atoms with van der Waals surface area (Å²) in [5.74, 6) is -0.409. The summed E-state index contributed by atoms with van der Waals surface area (Å²) in [6.45, 7) is 3.86. The second-order valence-corrected chi connectivity index (χ2v) is 4.51. The second-order valence-electron chi connectivity index (χ2n) is 4.51. The highest BCUT2D eigenvalue weighted by Gasteiger charge is 2.02. The minimum Gasteiger partial charge on any atom is -0.482 e. The molecule has 19 heavy (non-hydrogen) atoms. The molecule has 0 saturated carbocycles. The fraction of sp³-hybridized carbons (Fsp3) is 0.188. The van der Waals surface area contributed by atoms with Crippen LogP contribution < -0.4 is 4.74 Å². The van der Waals surface area contributed by atoms with Gasteiger partial charge in [-0.05, 0) is 48.2 Å². The van der Waals surface area contributed by atoms with Gasteiger partial charge in [0.2, 0.25) is 0 Å². The monoisotopic (exact) mass is 256 g/mol. The van der Waals surface area contributed by atoms with Gasteiger partial charge in [-0.2, -0.15) is 0 Å². The number of rotatable bonds is 4. The Morgan fingerprint density at radius 2 is 1.63 bits per heavy atom. The highest BCUT2D eigenvalue weighted by atomic mass is 16.5. The Labute approximate surface area is 112 Å². The quantitative estimate of drug-likeness (QED) is 0.911. The lowest BCUT2D eigenvalue weighted by atomic mass is 10.0. The third-order valence-corrected chi connectivity index (χ3v) is 3.06. The first kappa shape index (κ1) is 13.1. The first-order valence-corrected chi connectivity index (χ1v) is 6.08. The van der Waals surface area contributed by atoms with Crippen LogP contribution in [-0.4, -0.2) is 17.7 Å². The highest BCUT2D eigenvalue weighted by molar-refractivity contribution is 5.69. The van der Waals surface area contributed by atoms with Crippen molar-refractivity contribution in [2.24, 2.45) is 0 Å². The molecule has 2 aromatic rings. The number of carbonyl (C=O) groups is 1. The lowest BCUT2D eigenvalue weighted by Gasteiger charge is -2.07. The molecule has 0 aromatic heterocycles. The molecule has 3 heteroatoms. The maximum Gasteiger partial charge on any atom is 0.341 e. The van der Waals surface area contributed by atoms with Gasteiger partial charge in [-0.15, -0.1) is 0 Å². The number of aryl methyl sites for hydroxylation is 2. The molecule has 0 atom stereocenters. The fourth-order valence-electron chi connectivity index (χ4n) is 1.81. The summed E-state index contributed by atoms with van der Waals surface area (Å²) < 4.78 is 5.10. The number of hydrogen-bond acceptors (Lipinski definition) is 2. The van der Waals surface area contributed by atoms with Crippen LogP contribution >= 0.6 is 0 Å². The number of ether oxygens (including phenoxy) is 1. The van der Waals surface area contributed by atoms with E-state index in [4.69, 9.17) is 9.84 Å². The number of carboxylic acid groups (broad SMARTS) is 1. The molecular formula is C16H16O3. The molecule has 1 N–H and O–H groups in total. The molecule has 3 nitrogen and oxygen atoms in total. The normalized spacial score (nSPS) is 10.2. The van der Waals surface area contributed by atoms with Crippen molar-refractivity contribution in [3.05, 3.63) is 53.6 Å². The SMILES string of the molecule is Cc1ccc(-c2ccc(OCC(=O)O)cc2)cc1C. The molecule has 0 radical (unpaired) electrons. The van der Waals surface area contributed by atoms with Crippen molar-refractivity contribution in [1.29, 1.82) is 0 Å². The average Bonchev–Trinajstić information content (AvgIpc) is 2.40. The summed E-state index contributed by atoms with van der Waals surface area (Å²) in [4.78, 5) is 10.4. The summed E-state index contributed by atoms with van der Waals surface area (Å²) in [6.07, 6.45) is 0. The van der Waals surface area contributed by atoms with Crippen LogP contribution in [0.2, 0.25) is 0 Å². The maximum atomic E-state index is 10.4. The van der Waals surface area contributed by atoms with Gasteiger partial charge >= 0.3 is 5.97 Å². The molecule has 0 amide bonds. The van der Waals surface area contributed by atoms with E-state index in [0.717, 1.165) is 11.1 Å². The molecule has 2 aromatic carbocycles. The smallest absolute Gasteiger partial charge is 0.341 e. The number of aliphatic carboxylic acids is 1. The Hall–Kier alpha value is -2.29. The van der Waals surface area contributed by atoms with Crippen LogP contribution in [0.3, 0.4) is 0 Å². The Morgan fingerprint density at radius 1 is 1.00 bits per heavy atom. The zero-order valence-corrected chi connectivity index (χ0v) is 11.0. The summed E-state index contributed by atoms with van der Waals surface area (Å²) in [5, 5.41) is 8.54. The Balaban J connectivity index is 2.17. The third kappa shape index (κ3) is 3.35. The van der Waals surface area contributed by atoms with Crippen LogP contribution in [0.4, 0.5) is 0 Å². The molecule has 0 aliphatic heterocycles. The van der Waals surface area contributed by atoms with Crippen LogP contribution in [0.5, 0.6) is 5.75 Å². The Morgan fingerprint density at radius 3 is 2.21 bits per heavy atom. The molecule has 0 aliphatic rings. The minimum absolute atomic E-state index is 0.316. The Kier molecular flexibility index (Phi) is 3.85. The van der Waals surface area contributed by atoms with E-state index in [-0.39, 0.29) is 6.61 Å². The molecule has 0 aliphatic carbocycles. The van der Waals surface area contributed by atoms with Gasteiger partial charge in [0.25, 0.3) is 0 Å². The van der Waals surface area contributed by atoms with Crippen molar-refractivity contribution >= 4 is 5.97 Å². The fourth-order valence-corrected chi connectivity index (χ4v) is 1.81. The van der Waals surface area contributed by atoms with Gasteiger partial charge in [-0.25, -0.2) is 4.79 Å². The minimum atomic E-state index is -0.974. The molecular weight excluding hydrogens is 240 g/mol. The van der Waals surface area contributed by atoms with Crippen molar-refractivity contribution < 1.29 is 14.6 Å². The molecule has 0 spiro atoms. The molecule has 0 unspecified atom stereocenters. The molecule has 0 saturated heterocycles. The van der Waals surface area contributed by atoms with E-state index < -0.39 is 5.97 Å². The van der Waals surface area contributed by atoms with E-state index >= 15 is 0 Å². The first-order chi connectivity index (χ1) is 9.06. The number of benzene rings is 2. The van der Waals surface area contributed by atoms with E-state index in [0.29, 0.717) is 5.75 Å². The van der Waals surface area contributed by atoms with Crippen LogP contribution in [-0.2, 0) is 4.79 Å². The van der Waals surface area contributed by atoms with E-state index in [9.17, 15) is 4.79 Å². The maximum absolute atomic E-state index is 10.4. The zero-order valence-electron chi connectivity index (χ0n) is 11.0. The third-order valence-electron chi connectivity index (χ3n) is 3.06. The molecule has 0 heterocycles. The van der Waals surface area contributed by atoms with Gasteiger partial charge in [0, 0.05) is 0 Å². The van der Waals surface area contributed by atoms with E-state index in [1.807, 2.05) is 12.1 Å². The highest BCUT2D eigenvalue weighted by Crippen LogP contribution is 2.24. The van der Waals surface area contributed by atoms with E-state index in [2.05, 4.69) is 32.0 Å². The lowest BCUT2D eigenvalue weighted by molar-refractivity contribution is -0.139. The van der Waals surface area contributed by atoms with Gasteiger partial charge in [0.05, 0.1) is 0 Å². The van der Waals surface area contributed by atoms with Crippen molar-refractivity contribution in [1.82, 2.24) is 0 Å². The van der Waals surface area contributed by atoms with Crippen LogP contribution in [0, 0.1) is 13.8 Å². The van der Waals surface area contributed by atoms with Crippen LogP contribution in [0.1, 0.15) is 11.1 Å². The first-order valence-electron chi connectivity index (χ1n) is 6.08. The summed E-state index contributed by atoms with van der Waals surface area (Å²) in [5.41, 5.74) is 4.76. The van der Waals surface area contributed by atoms with E-state index in [1.54, 1.807) is 12.1 Å². The van der Waals surface area contributed by atoms with Gasteiger partial charge < -0.3 is 9.84 Å². The van der Waals surface area contributed by atoms with Gasteiger partial charge in [0.1, 0.15) is 5.75 Å². The van der Waals surface area contributed by atoms with Crippen molar-refractivity contribution in [3.63, 3.8) is 0 Å². The van der Waals surface area contributed by atoms with E-state index in [1.165, 1.54) is 11.1 Å². The molecule has 2 rings (SSSR count). The van der Waals surface area contributed by atoms with Gasteiger partial charge in [0.15, 0.2) is 6.61 Å². The summed E-state index contributed by atoms with van der Waals surface area (Å²) >= 11 is 0. The summed E-state index contributed by atoms with van der Waals surface area (Å²) in [6, 6.07) is 13.8. The van der Waals surface area contributed by atoms with Crippen molar-refractivity contribution in [2.45, 2.75) is 13.8 Å². The molecule has 0 bridgehead atoms. The van der Waals surface area contributed by atoms with Crippen molar-refractivity contribution in [2.75, 3.05) is 6.61 Å². The topological polar surface area (TPSA) is 46.5 Å². The second kappa shape index (κ2) is 5.57. The molecule has 0 fully saturated rings. The number of carboxylic acids is 1. The standard InChI is InChI=1S/C16H16O3/c1-11-3-4-14(9-12(11)2)13-5-7-15(8-6-13)19-10-16(17)18/h3-9H,10H2,1-2H3,(H,17,18). The van der Waals surface area contributed by atoms with Crippen LogP contribution in [0.15, 0.2) is 42.5 Å². The predicted octanol–water partition coefficient (Wildman–Crippen LogP) is 3.43. The summed E-state index contributed by atoms with van der Waals surface area (Å²) in [7, 11) is 0. The molecule has 98 valence electrons. The lowest BCUT2D eigenvalue weighted by Crippen LogP contribution is -2.09. The zero-order chi connectivity index (χ0) is 13.8. The largest absolute Gasteiger partial charge is 0.482 e. The van der Waals surface area contributed by atoms with Gasteiger partial charge in [-0.3, -0.25) is 0 Å². The van der Waals surface area contributed by atoms with Crippen LogP contribution in [0.25, 0.3) is 11.1 Å². The van der Waals surface area contributed by atoms with Gasteiger partial charge in [-0.1, -0.05) is 30.3 Å². The number of hydrogen-bond donors (Lipinski definition) is 1. The predicted molar refractivity (Wildman–Crippen MR) is 74.5 cm³/mol.